The van der Waals surface area contributed by atoms with Gasteiger partial charge in [-0.05, 0) is 37.1 Å². The Hall–Kier alpha value is -3.22. The third-order valence-corrected chi connectivity index (χ3v) is 4.62. The van der Waals surface area contributed by atoms with Crippen LogP contribution in [0.4, 0.5) is 21.9 Å². The molecule has 1 atom stereocenters. The van der Waals surface area contributed by atoms with Crippen LogP contribution in [0.5, 0.6) is 5.75 Å². The van der Waals surface area contributed by atoms with Gasteiger partial charge in [0.1, 0.15) is 5.75 Å². The smallest absolute Gasteiger partial charge is 0.321 e. The van der Waals surface area contributed by atoms with Gasteiger partial charge in [0, 0.05) is 24.8 Å². The van der Waals surface area contributed by atoms with E-state index in [1.165, 1.54) is 0 Å². The lowest BCUT2D eigenvalue weighted by Gasteiger charge is -2.32. The highest BCUT2D eigenvalue weighted by atomic mass is 16.5. The van der Waals surface area contributed by atoms with Crippen LogP contribution in [0.2, 0.25) is 0 Å². The number of nitrogens with zero attached hydrogens (tertiary/aromatic N) is 1. The molecular formula is C20H24N4O3. The summed E-state index contributed by atoms with van der Waals surface area (Å²) in [7, 11) is 1.56. The Morgan fingerprint density at radius 2 is 1.93 bits per heavy atom. The minimum absolute atomic E-state index is 0.146. The Morgan fingerprint density at radius 3 is 2.67 bits per heavy atom. The van der Waals surface area contributed by atoms with Gasteiger partial charge in [-0.3, -0.25) is 4.79 Å². The molecule has 1 saturated heterocycles. The first kappa shape index (κ1) is 18.6. The van der Waals surface area contributed by atoms with Crippen molar-refractivity contribution in [2.45, 2.75) is 12.8 Å². The van der Waals surface area contributed by atoms with E-state index in [1.54, 1.807) is 30.2 Å². The van der Waals surface area contributed by atoms with Crippen LogP contribution in [0.25, 0.3) is 0 Å². The van der Waals surface area contributed by atoms with Crippen molar-refractivity contribution in [3.05, 3.63) is 48.5 Å². The number of likely N-dealkylation sites (tertiary alicyclic amines) is 1. The molecule has 1 unspecified atom stereocenters. The fourth-order valence-corrected chi connectivity index (χ4v) is 3.11. The maximum atomic E-state index is 12.7. The Labute approximate surface area is 158 Å². The summed E-state index contributed by atoms with van der Waals surface area (Å²) in [4.78, 5) is 26.8. The molecule has 1 aliphatic rings. The van der Waals surface area contributed by atoms with Crippen LogP contribution >= 0.6 is 0 Å². The lowest BCUT2D eigenvalue weighted by Crippen LogP contribution is -2.45. The molecule has 7 heteroatoms. The third kappa shape index (κ3) is 4.69. The Bertz CT molecular complexity index is 810. The lowest BCUT2D eigenvalue weighted by molar-refractivity contribution is -0.121. The van der Waals surface area contributed by atoms with Crippen molar-refractivity contribution in [1.29, 1.82) is 0 Å². The average molecular weight is 368 g/mol. The molecule has 2 aromatic carbocycles. The number of ether oxygens (including phenoxy) is 1. The van der Waals surface area contributed by atoms with Gasteiger partial charge in [0.15, 0.2) is 0 Å². The molecule has 0 aliphatic carbocycles. The normalized spacial score (nSPS) is 16.5. The van der Waals surface area contributed by atoms with E-state index < -0.39 is 0 Å². The maximum absolute atomic E-state index is 12.7. The zero-order valence-electron chi connectivity index (χ0n) is 15.3. The summed E-state index contributed by atoms with van der Waals surface area (Å²) in [5.74, 6) is 0.185. The predicted molar refractivity (Wildman–Crippen MR) is 106 cm³/mol. The van der Waals surface area contributed by atoms with Crippen LogP contribution < -0.4 is 21.1 Å². The number of methoxy groups -OCH3 is 1. The van der Waals surface area contributed by atoms with E-state index in [1.807, 2.05) is 30.3 Å². The second kappa shape index (κ2) is 8.44. The van der Waals surface area contributed by atoms with Gasteiger partial charge >= 0.3 is 6.03 Å². The fourth-order valence-electron chi connectivity index (χ4n) is 3.11. The number of nitrogens with one attached hydrogen (secondary N) is 2. The topological polar surface area (TPSA) is 96.7 Å². The van der Waals surface area contributed by atoms with Crippen molar-refractivity contribution in [1.82, 2.24) is 4.90 Å². The maximum Gasteiger partial charge on any atom is 0.321 e. The number of amides is 3. The summed E-state index contributed by atoms with van der Waals surface area (Å²) in [6.45, 7) is 0.998. The van der Waals surface area contributed by atoms with Crippen LogP contribution in [0.1, 0.15) is 12.8 Å². The molecule has 27 heavy (non-hydrogen) atoms. The van der Waals surface area contributed by atoms with Crippen LogP contribution in [0, 0.1) is 5.92 Å². The zero-order chi connectivity index (χ0) is 19.2. The fraction of sp³-hybridized carbons (Fsp3) is 0.300. The van der Waals surface area contributed by atoms with Crippen molar-refractivity contribution >= 4 is 29.0 Å². The third-order valence-electron chi connectivity index (χ3n) is 4.62. The second-order valence-electron chi connectivity index (χ2n) is 6.52. The Kier molecular flexibility index (Phi) is 5.80. The number of nitrogens with two attached hydrogens (primary N) is 1. The highest BCUT2D eigenvalue weighted by molar-refractivity contribution is 5.96. The zero-order valence-corrected chi connectivity index (χ0v) is 15.3. The first-order valence-corrected chi connectivity index (χ1v) is 8.92. The van der Waals surface area contributed by atoms with E-state index in [9.17, 15) is 9.59 Å². The summed E-state index contributed by atoms with van der Waals surface area (Å²) in [6, 6.07) is 14.2. The van der Waals surface area contributed by atoms with Crippen LogP contribution in [-0.4, -0.2) is 37.0 Å². The van der Waals surface area contributed by atoms with Gasteiger partial charge in [-0.1, -0.05) is 18.2 Å². The molecule has 1 fully saturated rings. The molecule has 2 aromatic rings. The van der Waals surface area contributed by atoms with Crippen molar-refractivity contribution in [2.75, 3.05) is 36.6 Å². The molecule has 0 radical (unpaired) electrons. The van der Waals surface area contributed by atoms with Crippen molar-refractivity contribution < 1.29 is 14.3 Å². The van der Waals surface area contributed by atoms with Gasteiger partial charge in [0.05, 0.1) is 24.4 Å². The standard InChI is InChI=1S/C20H24N4O3/c1-27-16-9-10-17(21)18(12-16)23-19(25)14-6-5-11-24(13-14)20(26)22-15-7-3-2-4-8-15/h2-4,7-10,12,14H,5-6,11,13,21H2,1H3,(H,22,26)(H,23,25). The molecule has 4 N–H and O–H groups in total. The van der Waals surface area contributed by atoms with Crippen molar-refractivity contribution in [2.24, 2.45) is 5.92 Å². The van der Waals surface area contributed by atoms with Gasteiger partial charge in [-0.15, -0.1) is 0 Å². The van der Waals surface area contributed by atoms with E-state index in [0.717, 1.165) is 18.5 Å². The molecule has 3 rings (SSSR count). The van der Waals surface area contributed by atoms with Gasteiger partial charge in [-0.2, -0.15) is 0 Å². The van der Waals surface area contributed by atoms with Gasteiger partial charge in [-0.25, -0.2) is 4.79 Å². The number of piperidine rings is 1. The number of urea groups is 1. The van der Waals surface area contributed by atoms with E-state index in [4.69, 9.17) is 10.5 Å². The molecule has 0 aromatic heterocycles. The number of nitrogen functional groups attached to an aromatic ring is 1. The molecule has 1 aliphatic heterocycles. The van der Waals surface area contributed by atoms with Crippen LogP contribution in [-0.2, 0) is 4.79 Å². The highest BCUT2D eigenvalue weighted by Crippen LogP contribution is 2.26. The molecule has 1 heterocycles. The number of anilines is 3. The number of para-hydroxylation sites is 1. The van der Waals surface area contributed by atoms with Crippen LogP contribution in [0.15, 0.2) is 48.5 Å². The largest absolute Gasteiger partial charge is 0.497 e. The number of hydrogen-bond donors (Lipinski definition) is 3. The molecule has 7 nitrogen and oxygen atoms in total. The summed E-state index contributed by atoms with van der Waals surface area (Å²) >= 11 is 0. The average Bonchev–Trinajstić information content (AvgIpc) is 2.70. The molecule has 0 spiro atoms. The van der Waals surface area contributed by atoms with Crippen molar-refractivity contribution in [3.63, 3.8) is 0 Å². The van der Waals surface area contributed by atoms with Crippen molar-refractivity contribution in [3.8, 4) is 5.75 Å². The number of rotatable bonds is 4. The predicted octanol–water partition coefficient (Wildman–Crippen LogP) is 3.16. The van der Waals surface area contributed by atoms with E-state index in [0.29, 0.717) is 30.2 Å². The number of hydrogen-bond acceptors (Lipinski definition) is 4. The number of carbonyl (C=O) groups is 2. The van der Waals surface area contributed by atoms with Crippen LogP contribution in [0.3, 0.4) is 0 Å². The molecular weight excluding hydrogens is 344 g/mol. The first-order chi connectivity index (χ1) is 13.1. The molecule has 0 bridgehead atoms. The highest BCUT2D eigenvalue weighted by Gasteiger charge is 2.28. The minimum Gasteiger partial charge on any atom is -0.497 e. The van der Waals surface area contributed by atoms with E-state index in [-0.39, 0.29) is 17.9 Å². The number of carbonyl (C=O) groups excluding carboxylic acids is 2. The van der Waals surface area contributed by atoms with Gasteiger partial charge in [0.25, 0.3) is 0 Å². The summed E-state index contributed by atoms with van der Waals surface area (Å²) in [5, 5.41) is 5.73. The van der Waals surface area contributed by atoms with Gasteiger partial charge < -0.3 is 26.0 Å². The summed E-state index contributed by atoms with van der Waals surface area (Å²) in [6.07, 6.45) is 1.50. The quantitative estimate of drug-likeness (QED) is 0.722. The number of benzene rings is 2. The SMILES string of the molecule is COc1ccc(N)c(NC(=O)C2CCCN(C(=O)Nc3ccccc3)C2)c1. The lowest BCUT2D eigenvalue weighted by atomic mass is 9.97. The summed E-state index contributed by atoms with van der Waals surface area (Å²) in [5.41, 5.74) is 7.66. The first-order valence-electron chi connectivity index (χ1n) is 8.92. The molecule has 142 valence electrons. The summed E-state index contributed by atoms with van der Waals surface area (Å²) < 4.78 is 5.17. The Balaban J connectivity index is 1.62. The monoisotopic (exact) mass is 368 g/mol. The second-order valence-corrected chi connectivity index (χ2v) is 6.52. The van der Waals surface area contributed by atoms with E-state index in [2.05, 4.69) is 10.6 Å². The molecule has 0 saturated carbocycles. The minimum atomic E-state index is -0.286. The van der Waals surface area contributed by atoms with E-state index >= 15 is 0 Å². The molecule has 3 amide bonds. The Morgan fingerprint density at radius 1 is 1.15 bits per heavy atom. The van der Waals surface area contributed by atoms with Gasteiger partial charge in [0.2, 0.25) is 5.91 Å².